The van der Waals surface area contributed by atoms with Crippen molar-refractivity contribution in [3.8, 4) is 0 Å². The summed E-state index contributed by atoms with van der Waals surface area (Å²) in [5, 5.41) is 3.50. The second-order valence-electron chi connectivity index (χ2n) is 4.13. The van der Waals surface area contributed by atoms with Gasteiger partial charge < -0.3 is 16.8 Å². The lowest BCUT2D eigenvalue weighted by atomic mass is 10.1. The summed E-state index contributed by atoms with van der Waals surface area (Å²) in [6, 6.07) is 12.9. The Morgan fingerprint density at radius 2 is 1.89 bits per heavy atom. The Labute approximate surface area is 116 Å². The van der Waals surface area contributed by atoms with E-state index >= 15 is 0 Å². The van der Waals surface area contributed by atoms with E-state index < -0.39 is 5.91 Å². The van der Waals surface area contributed by atoms with Gasteiger partial charge in [0.05, 0.1) is 16.3 Å². The number of benzene rings is 2. The Morgan fingerprint density at radius 1 is 1.21 bits per heavy atom. The van der Waals surface area contributed by atoms with Crippen molar-refractivity contribution in [3.05, 3.63) is 58.6 Å². The number of rotatable bonds is 4. The summed E-state index contributed by atoms with van der Waals surface area (Å²) in [6.07, 6.45) is 0. The van der Waals surface area contributed by atoms with Crippen molar-refractivity contribution >= 4 is 28.9 Å². The minimum absolute atomic E-state index is 0.293. The molecule has 0 spiro atoms. The highest BCUT2D eigenvalue weighted by Gasteiger charge is 2.13. The van der Waals surface area contributed by atoms with Crippen molar-refractivity contribution in [1.82, 2.24) is 0 Å². The Bertz CT molecular complexity index is 599. The number of anilines is 2. The standard InChI is InChI=1S/C14H14ClN3O/c15-12-7-10(16)6-11(14(17)19)13(12)18-8-9-4-2-1-3-5-9/h1-7,18H,8,16H2,(H2,17,19). The second kappa shape index (κ2) is 5.63. The topological polar surface area (TPSA) is 81.1 Å². The van der Waals surface area contributed by atoms with Gasteiger partial charge in [0.1, 0.15) is 0 Å². The van der Waals surface area contributed by atoms with E-state index in [0.717, 1.165) is 5.56 Å². The Kier molecular flexibility index (Phi) is 3.92. The van der Waals surface area contributed by atoms with Crippen LogP contribution >= 0.6 is 11.6 Å². The minimum Gasteiger partial charge on any atom is -0.399 e. The molecule has 98 valence electrons. The van der Waals surface area contributed by atoms with Crippen molar-refractivity contribution in [2.75, 3.05) is 11.1 Å². The number of hydrogen-bond donors (Lipinski definition) is 3. The van der Waals surface area contributed by atoms with Gasteiger partial charge in [-0.05, 0) is 17.7 Å². The van der Waals surface area contributed by atoms with Crippen molar-refractivity contribution in [3.63, 3.8) is 0 Å². The van der Waals surface area contributed by atoms with Crippen LogP contribution in [0.3, 0.4) is 0 Å². The number of carbonyl (C=O) groups is 1. The molecule has 0 aliphatic heterocycles. The smallest absolute Gasteiger partial charge is 0.250 e. The third-order valence-corrected chi connectivity index (χ3v) is 2.99. The van der Waals surface area contributed by atoms with Crippen LogP contribution in [0.2, 0.25) is 5.02 Å². The molecular weight excluding hydrogens is 262 g/mol. The van der Waals surface area contributed by atoms with Crippen molar-refractivity contribution in [1.29, 1.82) is 0 Å². The van der Waals surface area contributed by atoms with Gasteiger partial charge in [0.15, 0.2) is 0 Å². The zero-order valence-electron chi connectivity index (χ0n) is 10.2. The Balaban J connectivity index is 2.27. The molecule has 5 heteroatoms. The maximum atomic E-state index is 11.4. The number of amides is 1. The van der Waals surface area contributed by atoms with Crippen LogP contribution in [0.4, 0.5) is 11.4 Å². The fraction of sp³-hybridized carbons (Fsp3) is 0.0714. The molecule has 0 fully saturated rings. The molecule has 19 heavy (non-hydrogen) atoms. The zero-order chi connectivity index (χ0) is 13.8. The van der Waals surface area contributed by atoms with Gasteiger partial charge in [-0.15, -0.1) is 0 Å². The van der Waals surface area contributed by atoms with E-state index in [1.165, 1.54) is 6.07 Å². The molecule has 0 aliphatic carbocycles. The number of nitrogens with two attached hydrogens (primary N) is 2. The predicted octanol–water partition coefficient (Wildman–Crippen LogP) is 2.63. The normalized spacial score (nSPS) is 10.2. The van der Waals surface area contributed by atoms with Crippen LogP contribution in [0, 0.1) is 0 Å². The Hall–Kier alpha value is -2.20. The molecule has 0 aromatic heterocycles. The summed E-state index contributed by atoms with van der Waals surface area (Å²) >= 11 is 6.09. The van der Waals surface area contributed by atoms with Crippen LogP contribution in [0.15, 0.2) is 42.5 Å². The highest BCUT2D eigenvalue weighted by molar-refractivity contribution is 6.34. The summed E-state index contributed by atoms with van der Waals surface area (Å²) in [5.41, 5.74) is 13.3. The number of nitrogen functional groups attached to an aromatic ring is 1. The molecule has 2 aromatic carbocycles. The first-order valence-electron chi connectivity index (χ1n) is 5.74. The molecule has 0 saturated heterocycles. The quantitative estimate of drug-likeness (QED) is 0.750. The van der Waals surface area contributed by atoms with E-state index in [-0.39, 0.29) is 0 Å². The first kappa shape index (κ1) is 13.2. The molecule has 4 nitrogen and oxygen atoms in total. The van der Waals surface area contributed by atoms with Crippen LogP contribution in [-0.2, 0) is 6.54 Å². The maximum absolute atomic E-state index is 11.4. The number of halogens is 1. The van der Waals surface area contributed by atoms with Crippen LogP contribution in [0.1, 0.15) is 15.9 Å². The minimum atomic E-state index is -0.565. The van der Waals surface area contributed by atoms with E-state index in [1.54, 1.807) is 6.07 Å². The molecule has 0 heterocycles. The predicted molar refractivity (Wildman–Crippen MR) is 78.2 cm³/mol. The van der Waals surface area contributed by atoms with E-state index in [2.05, 4.69) is 5.32 Å². The van der Waals surface area contributed by atoms with E-state index in [4.69, 9.17) is 23.1 Å². The van der Waals surface area contributed by atoms with Gasteiger partial charge in [0.25, 0.3) is 5.91 Å². The lowest BCUT2D eigenvalue weighted by Gasteiger charge is -2.13. The van der Waals surface area contributed by atoms with Gasteiger partial charge in [-0.25, -0.2) is 0 Å². The van der Waals surface area contributed by atoms with Gasteiger partial charge in [0, 0.05) is 12.2 Å². The van der Waals surface area contributed by atoms with Gasteiger partial charge in [0.2, 0.25) is 0 Å². The summed E-state index contributed by atoms with van der Waals surface area (Å²) in [7, 11) is 0. The summed E-state index contributed by atoms with van der Waals surface area (Å²) < 4.78 is 0. The molecular formula is C14H14ClN3O. The number of nitrogens with one attached hydrogen (secondary N) is 1. The Morgan fingerprint density at radius 3 is 2.53 bits per heavy atom. The van der Waals surface area contributed by atoms with Crippen LogP contribution < -0.4 is 16.8 Å². The summed E-state index contributed by atoms with van der Waals surface area (Å²) in [4.78, 5) is 11.4. The van der Waals surface area contributed by atoms with Gasteiger partial charge in [-0.1, -0.05) is 41.9 Å². The molecule has 0 radical (unpaired) electrons. The summed E-state index contributed by atoms with van der Waals surface area (Å²) in [5.74, 6) is -0.565. The molecule has 0 saturated carbocycles. The lowest BCUT2D eigenvalue weighted by Crippen LogP contribution is -2.15. The second-order valence-corrected chi connectivity index (χ2v) is 4.54. The number of primary amides is 1. The molecule has 0 unspecified atom stereocenters. The average molecular weight is 276 g/mol. The molecule has 1 amide bonds. The van der Waals surface area contributed by atoms with Crippen LogP contribution in [0.5, 0.6) is 0 Å². The fourth-order valence-electron chi connectivity index (χ4n) is 1.79. The highest BCUT2D eigenvalue weighted by Crippen LogP contribution is 2.29. The van der Waals surface area contributed by atoms with Gasteiger partial charge >= 0.3 is 0 Å². The number of hydrogen-bond acceptors (Lipinski definition) is 3. The molecule has 2 aromatic rings. The van der Waals surface area contributed by atoms with Crippen LogP contribution in [0.25, 0.3) is 0 Å². The average Bonchev–Trinajstić information content (AvgIpc) is 2.38. The molecule has 0 atom stereocenters. The van der Waals surface area contributed by atoms with Crippen molar-refractivity contribution < 1.29 is 4.79 Å². The fourth-order valence-corrected chi connectivity index (χ4v) is 2.08. The van der Waals surface area contributed by atoms with Gasteiger partial charge in [-0.3, -0.25) is 4.79 Å². The van der Waals surface area contributed by atoms with E-state index in [9.17, 15) is 4.79 Å². The van der Waals surface area contributed by atoms with Crippen LogP contribution in [-0.4, -0.2) is 5.91 Å². The van der Waals surface area contributed by atoms with Gasteiger partial charge in [-0.2, -0.15) is 0 Å². The number of carbonyl (C=O) groups excluding carboxylic acids is 1. The molecule has 0 bridgehead atoms. The largest absolute Gasteiger partial charge is 0.399 e. The molecule has 5 N–H and O–H groups in total. The third-order valence-electron chi connectivity index (χ3n) is 2.69. The first-order chi connectivity index (χ1) is 9.08. The first-order valence-corrected chi connectivity index (χ1v) is 6.12. The lowest BCUT2D eigenvalue weighted by molar-refractivity contribution is 0.100. The maximum Gasteiger partial charge on any atom is 0.250 e. The van der Waals surface area contributed by atoms with E-state index in [0.29, 0.717) is 28.5 Å². The summed E-state index contributed by atoms with van der Waals surface area (Å²) in [6.45, 7) is 0.546. The molecule has 2 rings (SSSR count). The van der Waals surface area contributed by atoms with Crippen molar-refractivity contribution in [2.24, 2.45) is 5.73 Å². The molecule has 0 aliphatic rings. The zero-order valence-corrected chi connectivity index (χ0v) is 10.9. The van der Waals surface area contributed by atoms with E-state index in [1.807, 2.05) is 30.3 Å². The monoisotopic (exact) mass is 275 g/mol. The highest BCUT2D eigenvalue weighted by atomic mass is 35.5. The third kappa shape index (κ3) is 3.17. The SMILES string of the molecule is NC(=O)c1cc(N)cc(Cl)c1NCc1ccccc1. The van der Waals surface area contributed by atoms with Crippen molar-refractivity contribution in [2.45, 2.75) is 6.54 Å².